The quantitative estimate of drug-likeness (QED) is 0.695. The number of benzene rings is 2. The van der Waals surface area contributed by atoms with E-state index in [-0.39, 0.29) is 11.5 Å². The van der Waals surface area contributed by atoms with Gasteiger partial charge < -0.3 is 0 Å². The minimum absolute atomic E-state index is 0.0964. The highest BCUT2D eigenvalue weighted by molar-refractivity contribution is 6.30. The van der Waals surface area contributed by atoms with Crippen LogP contribution in [0.25, 0.3) is 6.08 Å². The fourth-order valence-electron chi connectivity index (χ4n) is 2.17. The average Bonchev–Trinajstić information content (AvgIpc) is 2.85. The molecule has 1 saturated heterocycles. The zero-order valence-electron chi connectivity index (χ0n) is 12.1. The maximum atomic E-state index is 12.3. The summed E-state index contributed by atoms with van der Waals surface area (Å²) in [5, 5.41) is 1.90. The Morgan fingerprint density at radius 3 is 2.35 bits per heavy atom. The third-order valence-corrected chi connectivity index (χ3v) is 3.58. The van der Waals surface area contributed by atoms with Gasteiger partial charge in [-0.05, 0) is 35.9 Å². The van der Waals surface area contributed by atoms with Crippen LogP contribution in [0.15, 0.2) is 72.3 Å². The van der Waals surface area contributed by atoms with Crippen molar-refractivity contribution in [2.24, 2.45) is 0 Å². The molecule has 1 fully saturated rings. The third kappa shape index (κ3) is 3.33. The fourth-order valence-corrected chi connectivity index (χ4v) is 2.29. The van der Waals surface area contributed by atoms with E-state index in [0.29, 0.717) is 10.7 Å². The molecule has 0 aliphatic carbocycles. The van der Waals surface area contributed by atoms with Gasteiger partial charge in [-0.15, -0.1) is 0 Å². The van der Waals surface area contributed by atoms with Crippen LogP contribution in [0.3, 0.4) is 0 Å². The molecule has 114 valence electrons. The smallest absolute Gasteiger partial charge is 0.267 e. The summed E-state index contributed by atoms with van der Waals surface area (Å²) < 4.78 is 0. The van der Waals surface area contributed by atoms with Crippen LogP contribution in [0.1, 0.15) is 5.56 Å². The number of carbonyl (C=O) groups is 2. The molecule has 4 nitrogen and oxygen atoms in total. The molecule has 1 heterocycles. The number of allylic oxidation sites excluding steroid dienone is 2. The van der Waals surface area contributed by atoms with Gasteiger partial charge in [-0.25, -0.2) is 5.01 Å². The van der Waals surface area contributed by atoms with Crippen molar-refractivity contribution in [3.8, 4) is 0 Å². The standard InChI is InChI=1S/C18H13ClN2O2/c19-14-11-9-13(10-12-14)5-4-8-16-17(22)20-21(18(16)23)15-6-2-1-3-7-15/h1-12H,(H,20,22)/b5-4+,16-8-. The van der Waals surface area contributed by atoms with Crippen molar-refractivity contribution in [1.29, 1.82) is 0 Å². The molecule has 1 aliphatic rings. The zero-order valence-corrected chi connectivity index (χ0v) is 12.8. The summed E-state index contributed by atoms with van der Waals surface area (Å²) in [5.74, 6) is -0.790. The number of rotatable bonds is 3. The highest BCUT2D eigenvalue weighted by Crippen LogP contribution is 2.19. The maximum Gasteiger partial charge on any atom is 0.282 e. The van der Waals surface area contributed by atoms with Crippen molar-refractivity contribution in [2.45, 2.75) is 0 Å². The number of nitrogens with one attached hydrogen (secondary N) is 1. The number of nitrogens with zero attached hydrogens (tertiary/aromatic N) is 1. The molecule has 2 aromatic rings. The minimum Gasteiger partial charge on any atom is -0.267 e. The van der Waals surface area contributed by atoms with E-state index in [2.05, 4.69) is 5.43 Å². The molecule has 3 rings (SSSR count). The SMILES string of the molecule is O=C1NN(c2ccccc2)C(=O)/C1=C\C=C\c1ccc(Cl)cc1. The largest absolute Gasteiger partial charge is 0.282 e. The molecule has 23 heavy (non-hydrogen) atoms. The van der Waals surface area contributed by atoms with Crippen LogP contribution in [-0.4, -0.2) is 11.8 Å². The van der Waals surface area contributed by atoms with E-state index in [9.17, 15) is 9.59 Å². The molecule has 2 aromatic carbocycles. The molecule has 0 saturated carbocycles. The number of hydrogen-bond donors (Lipinski definition) is 1. The van der Waals surface area contributed by atoms with Gasteiger partial charge in [-0.1, -0.05) is 54.1 Å². The van der Waals surface area contributed by atoms with Gasteiger partial charge in [0.1, 0.15) is 5.57 Å². The Morgan fingerprint density at radius 1 is 0.957 bits per heavy atom. The van der Waals surface area contributed by atoms with E-state index in [0.717, 1.165) is 5.56 Å². The second-order valence-corrected chi connectivity index (χ2v) is 5.34. The van der Waals surface area contributed by atoms with Crippen LogP contribution < -0.4 is 10.4 Å². The maximum absolute atomic E-state index is 12.3. The molecule has 0 radical (unpaired) electrons. The van der Waals surface area contributed by atoms with Crippen LogP contribution in [0.5, 0.6) is 0 Å². The Labute approximate surface area is 138 Å². The highest BCUT2D eigenvalue weighted by atomic mass is 35.5. The number of halogens is 1. The van der Waals surface area contributed by atoms with Gasteiger partial charge in [0.05, 0.1) is 5.69 Å². The number of amides is 2. The lowest BCUT2D eigenvalue weighted by Gasteiger charge is -2.13. The van der Waals surface area contributed by atoms with E-state index in [1.807, 2.05) is 18.2 Å². The normalized spacial score (nSPS) is 16.4. The van der Waals surface area contributed by atoms with Gasteiger partial charge in [0.2, 0.25) is 0 Å². The van der Waals surface area contributed by atoms with Gasteiger partial charge >= 0.3 is 0 Å². The van der Waals surface area contributed by atoms with E-state index in [1.165, 1.54) is 11.1 Å². The summed E-state index contributed by atoms with van der Waals surface area (Å²) in [7, 11) is 0. The Hall–Kier alpha value is -2.85. The second kappa shape index (κ2) is 6.50. The lowest BCUT2D eigenvalue weighted by molar-refractivity contribution is -0.117. The minimum atomic E-state index is -0.417. The molecule has 0 spiro atoms. The van der Waals surface area contributed by atoms with E-state index in [4.69, 9.17) is 11.6 Å². The van der Waals surface area contributed by atoms with Crippen LogP contribution in [0.4, 0.5) is 5.69 Å². The fraction of sp³-hybridized carbons (Fsp3) is 0. The molecule has 1 aliphatic heterocycles. The molecule has 2 amide bonds. The summed E-state index contributed by atoms with van der Waals surface area (Å²) in [6.45, 7) is 0. The van der Waals surface area contributed by atoms with Gasteiger partial charge in [0.25, 0.3) is 11.8 Å². The number of hydrazine groups is 1. The lowest BCUT2D eigenvalue weighted by atomic mass is 10.2. The molecule has 0 unspecified atom stereocenters. The number of carbonyl (C=O) groups excluding carboxylic acids is 2. The number of para-hydroxylation sites is 1. The molecule has 0 atom stereocenters. The first kappa shape index (κ1) is 15.1. The third-order valence-electron chi connectivity index (χ3n) is 3.33. The van der Waals surface area contributed by atoms with Gasteiger partial charge in [-0.3, -0.25) is 15.0 Å². The van der Waals surface area contributed by atoms with Gasteiger partial charge in [0, 0.05) is 5.02 Å². The zero-order chi connectivity index (χ0) is 16.2. The molecule has 0 aromatic heterocycles. The van der Waals surface area contributed by atoms with Crippen LogP contribution in [-0.2, 0) is 9.59 Å². The predicted molar refractivity (Wildman–Crippen MR) is 90.6 cm³/mol. The molecular formula is C18H13ClN2O2. The molecule has 1 N–H and O–H groups in total. The lowest BCUT2D eigenvalue weighted by Crippen LogP contribution is -2.35. The first-order valence-electron chi connectivity index (χ1n) is 6.99. The monoisotopic (exact) mass is 324 g/mol. The van der Waals surface area contributed by atoms with Crippen LogP contribution in [0, 0.1) is 0 Å². The van der Waals surface area contributed by atoms with Crippen molar-refractivity contribution < 1.29 is 9.59 Å². The first-order valence-corrected chi connectivity index (χ1v) is 7.37. The van der Waals surface area contributed by atoms with Crippen molar-refractivity contribution in [1.82, 2.24) is 5.43 Å². The Bertz CT molecular complexity index is 796. The topological polar surface area (TPSA) is 49.4 Å². The average molecular weight is 325 g/mol. The van der Waals surface area contributed by atoms with Crippen LogP contribution >= 0.6 is 11.6 Å². The number of hydrogen-bond acceptors (Lipinski definition) is 2. The summed E-state index contributed by atoms with van der Waals surface area (Å²) in [5.41, 5.74) is 4.20. The van der Waals surface area contributed by atoms with Crippen molar-refractivity contribution in [3.05, 3.63) is 82.9 Å². The van der Waals surface area contributed by atoms with Crippen molar-refractivity contribution in [2.75, 3.05) is 5.01 Å². The van der Waals surface area contributed by atoms with E-state index in [1.54, 1.807) is 48.6 Å². The van der Waals surface area contributed by atoms with Gasteiger partial charge in [-0.2, -0.15) is 0 Å². The Balaban J connectivity index is 1.78. The van der Waals surface area contributed by atoms with E-state index < -0.39 is 5.91 Å². The van der Waals surface area contributed by atoms with Crippen LogP contribution in [0.2, 0.25) is 5.02 Å². The molecular weight excluding hydrogens is 312 g/mol. The summed E-state index contributed by atoms with van der Waals surface area (Å²) in [6.07, 6.45) is 4.98. The summed E-state index contributed by atoms with van der Waals surface area (Å²) in [4.78, 5) is 24.3. The Kier molecular flexibility index (Phi) is 4.26. The number of anilines is 1. The van der Waals surface area contributed by atoms with E-state index >= 15 is 0 Å². The molecule has 5 heteroatoms. The summed E-state index contributed by atoms with van der Waals surface area (Å²) >= 11 is 5.82. The second-order valence-electron chi connectivity index (χ2n) is 4.91. The molecule has 0 bridgehead atoms. The predicted octanol–water partition coefficient (Wildman–Crippen LogP) is 3.36. The van der Waals surface area contributed by atoms with Crippen molar-refractivity contribution >= 4 is 35.2 Å². The van der Waals surface area contributed by atoms with Gasteiger partial charge in [0.15, 0.2) is 0 Å². The van der Waals surface area contributed by atoms with Crippen molar-refractivity contribution in [3.63, 3.8) is 0 Å². The Morgan fingerprint density at radius 2 is 1.65 bits per heavy atom. The highest BCUT2D eigenvalue weighted by Gasteiger charge is 2.33. The first-order chi connectivity index (χ1) is 11.1. The summed E-state index contributed by atoms with van der Waals surface area (Å²) in [6, 6.07) is 16.2.